The van der Waals surface area contributed by atoms with Crippen LogP contribution in [0.1, 0.15) is 86.8 Å². The van der Waals surface area contributed by atoms with Crippen LogP contribution in [0, 0.1) is 12.8 Å². The highest BCUT2D eigenvalue weighted by Gasteiger charge is 2.54. The third kappa shape index (κ3) is 9.15. The van der Waals surface area contributed by atoms with Gasteiger partial charge in [-0.2, -0.15) is 31.4 Å². The number of alkyl halides is 6. The molecule has 1 aliphatic carbocycles. The summed E-state index contributed by atoms with van der Waals surface area (Å²) in [6, 6.07) is 10.6. The molecular formula is C31H40F6N4O3. The van der Waals surface area contributed by atoms with E-state index in [1.54, 1.807) is 0 Å². The number of hydrogen-bond donors (Lipinski definition) is 1. The van der Waals surface area contributed by atoms with Gasteiger partial charge in [-0.15, -0.1) is 0 Å². The van der Waals surface area contributed by atoms with Gasteiger partial charge in [-0.1, -0.05) is 43.7 Å². The summed E-state index contributed by atoms with van der Waals surface area (Å²) in [4.78, 5) is 34.5. The summed E-state index contributed by atoms with van der Waals surface area (Å²) in [5, 5.41) is 8.21. The first-order chi connectivity index (χ1) is 20.7. The molecule has 1 aliphatic heterocycles. The number of piperidine rings is 1. The second-order valence-corrected chi connectivity index (χ2v) is 11.3. The maximum Gasteiger partial charge on any atom is 0.458 e. The number of ketones is 2. The number of aromatic nitrogens is 2. The number of nitrogens with zero attached hydrogens (tertiary/aromatic N) is 3. The van der Waals surface area contributed by atoms with Crippen LogP contribution in [-0.2, 0) is 27.3 Å². The normalized spacial score (nSPS) is 17.3. The Morgan fingerprint density at radius 3 is 1.95 bits per heavy atom. The molecule has 7 nitrogen and oxygen atoms in total. The summed E-state index contributed by atoms with van der Waals surface area (Å²) in [6.07, 6.45) is -3.85. The van der Waals surface area contributed by atoms with Crippen LogP contribution in [0.4, 0.5) is 26.3 Å². The van der Waals surface area contributed by atoms with E-state index in [4.69, 9.17) is 5.10 Å². The number of carbonyl (C=O) groups is 3. The van der Waals surface area contributed by atoms with E-state index >= 15 is 0 Å². The van der Waals surface area contributed by atoms with Crippen molar-refractivity contribution in [2.45, 2.75) is 96.6 Å². The van der Waals surface area contributed by atoms with Gasteiger partial charge in [0.05, 0.1) is 11.7 Å². The Kier molecular flexibility index (Phi) is 12.2. The van der Waals surface area contributed by atoms with E-state index in [1.165, 1.54) is 41.8 Å². The summed E-state index contributed by atoms with van der Waals surface area (Å²) in [6.45, 7) is 10.9. The Balaban J connectivity index is 0.000000375. The Bertz CT molecular complexity index is 1240. The fraction of sp³-hybridized carbons (Fsp3) is 0.613. The van der Waals surface area contributed by atoms with Crippen LogP contribution in [0.25, 0.3) is 0 Å². The summed E-state index contributed by atoms with van der Waals surface area (Å²) < 4.78 is 69.1. The molecule has 2 aromatic rings. The number of carbonyl (C=O) groups excluding carboxylic acids is 3. The molecule has 1 aromatic heterocycles. The van der Waals surface area contributed by atoms with E-state index in [0.717, 1.165) is 51.9 Å². The van der Waals surface area contributed by atoms with Crippen molar-refractivity contribution in [1.82, 2.24) is 20.0 Å². The van der Waals surface area contributed by atoms with Gasteiger partial charge in [0, 0.05) is 24.7 Å². The highest BCUT2D eigenvalue weighted by molar-refractivity contribution is 6.41. The molecule has 1 amide bonds. The van der Waals surface area contributed by atoms with Crippen molar-refractivity contribution in [3.8, 4) is 0 Å². The molecule has 1 N–H and O–H groups in total. The standard InChI is InChI=1S/C27H40N4O.C4F6O2/c1-4-24-26(20(3)31(5-2)29-24)22-14-17-30(18-15-22)19-16-25(21-10-7-6-8-11-21)28-27(32)23-12-9-13-23;5-3(6,7)1(11)2(12)4(8,9)10/h6-8,10-11,22-23,25H,4-5,9,12-19H2,1-3H3,(H,28,32);/t25-;/m0./s1. The van der Waals surface area contributed by atoms with Crippen LogP contribution < -0.4 is 5.32 Å². The Hall–Kier alpha value is -3.22. The van der Waals surface area contributed by atoms with E-state index in [0.29, 0.717) is 5.92 Å². The number of Topliss-reactive ketones (excluding diaryl/α,β-unsaturated/α-hetero) is 2. The van der Waals surface area contributed by atoms with E-state index in [-0.39, 0.29) is 17.9 Å². The molecular weight excluding hydrogens is 590 g/mol. The van der Waals surface area contributed by atoms with Crippen LogP contribution in [0.5, 0.6) is 0 Å². The topological polar surface area (TPSA) is 84.3 Å². The van der Waals surface area contributed by atoms with E-state index in [9.17, 15) is 40.7 Å². The summed E-state index contributed by atoms with van der Waals surface area (Å²) in [5.74, 6) is -5.70. The molecule has 0 unspecified atom stereocenters. The smallest absolute Gasteiger partial charge is 0.349 e. The van der Waals surface area contributed by atoms with E-state index in [1.807, 2.05) is 6.07 Å². The second-order valence-electron chi connectivity index (χ2n) is 11.3. The van der Waals surface area contributed by atoms with Gasteiger partial charge in [0.15, 0.2) is 0 Å². The third-order valence-corrected chi connectivity index (χ3v) is 8.41. The fourth-order valence-corrected chi connectivity index (χ4v) is 5.70. The van der Waals surface area contributed by atoms with Gasteiger partial charge in [-0.05, 0) is 82.5 Å². The molecule has 1 aromatic carbocycles. The lowest BCUT2D eigenvalue weighted by molar-refractivity contribution is -0.193. The largest absolute Gasteiger partial charge is 0.458 e. The molecule has 2 fully saturated rings. The summed E-state index contributed by atoms with van der Waals surface area (Å²) in [7, 11) is 0. The van der Waals surface area contributed by atoms with Gasteiger partial charge in [0.25, 0.3) is 0 Å². The minimum atomic E-state index is -5.77. The summed E-state index contributed by atoms with van der Waals surface area (Å²) in [5.41, 5.74) is 5.41. The number of likely N-dealkylation sites (tertiary alicyclic amines) is 1. The minimum absolute atomic E-state index is 0.110. The van der Waals surface area contributed by atoms with Gasteiger partial charge in [0.2, 0.25) is 5.91 Å². The number of benzene rings is 1. The van der Waals surface area contributed by atoms with Gasteiger partial charge in [-0.3, -0.25) is 19.1 Å². The van der Waals surface area contributed by atoms with Crippen LogP contribution in [0.15, 0.2) is 30.3 Å². The Morgan fingerprint density at radius 2 is 1.50 bits per heavy atom. The van der Waals surface area contributed by atoms with Gasteiger partial charge in [0.1, 0.15) is 0 Å². The first-order valence-corrected chi connectivity index (χ1v) is 15.0. The Morgan fingerprint density at radius 1 is 0.932 bits per heavy atom. The van der Waals surface area contributed by atoms with E-state index in [2.05, 4.69) is 59.9 Å². The minimum Gasteiger partial charge on any atom is -0.349 e. The monoisotopic (exact) mass is 630 g/mol. The van der Waals surface area contributed by atoms with Crippen molar-refractivity contribution < 1.29 is 40.7 Å². The fourth-order valence-electron chi connectivity index (χ4n) is 5.70. The van der Waals surface area contributed by atoms with Gasteiger partial charge >= 0.3 is 23.9 Å². The second kappa shape index (κ2) is 15.2. The quantitative estimate of drug-likeness (QED) is 0.248. The zero-order valence-electron chi connectivity index (χ0n) is 25.2. The predicted octanol–water partition coefficient (Wildman–Crippen LogP) is 6.25. The average molecular weight is 631 g/mol. The Labute approximate surface area is 253 Å². The molecule has 244 valence electrons. The molecule has 13 heteroatoms. The van der Waals surface area contributed by atoms with Gasteiger partial charge in [-0.25, -0.2) is 0 Å². The first kappa shape index (κ1) is 35.3. The van der Waals surface area contributed by atoms with Crippen molar-refractivity contribution >= 4 is 17.5 Å². The van der Waals surface area contributed by atoms with Crippen LogP contribution in [0.3, 0.4) is 0 Å². The van der Waals surface area contributed by atoms with Crippen molar-refractivity contribution in [1.29, 1.82) is 0 Å². The number of hydrogen-bond acceptors (Lipinski definition) is 5. The molecule has 2 heterocycles. The molecule has 0 bridgehead atoms. The van der Waals surface area contributed by atoms with Crippen LogP contribution >= 0.6 is 0 Å². The predicted molar refractivity (Wildman–Crippen MR) is 152 cm³/mol. The third-order valence-electron chi connectivity index (χ3n) is 8.41. The molecule has 0 spiro atoms. The molecule has 2 aliphatic rings. The number of halogens is 6. The number of rotatable bonds is 10. The molecule has 1 saturated heterocycles. The molecule has 1 saturated carbocycles. The molecule has 0 radical (unpaired) electrons. The van der Waals surface area contributed by atoms with Crippen LogP contribution in [-0.4, -0.2) is 64.1 Å². The average Bonchev–Trinajstić information content (AvgIpc) is 3.28. The zero-order chi connectivity index (χ0) is 32.7. The first-order valence-electron chi connectivity index (χ1n) is 15.0. The van der Waals surface area contributed by atoms with Crippen molar-refractivity contribution in [2.75, 3.05) is 19.6 Å². The highest BCUT2D eigenvalue weighted by Crippen LogP contribution is 2.34. The molecule has 1 atom stereocenters. The lowest BCUT2D eigenvalue weighted by Gasteiger charge is -2.34. The van der Waals surface area contributed by atoms with Crippen molar-refractivity contribution in [3.05, 3.63) is 52.8 Å². The highest BCUT2D eigenvalue weighted by atomic mass is 19.4. The van der Waals surface area contributed by atoms with Crippen molar-refractivity contribution in [2.24, 2.45) is 5.92 Å². The van der Waals surface area contributed by atoms with Crippen LogP contribution in [0.2, 0.25) is 0 Å². The summed E-state index contributed by atoms with van der Waals surface area (Å²) >= 11 is 0. The zero-order valence-corrected chi connectivity index (χ0v) is 25.2. The number of amides is 1. The lowest BCUT2D eigenvalue weighted by atomic mass is 9.84. The lowest BCUT2D eigenvalue weighted by Crippen LogP contribution is -2.39. The number of nitrogens with one attached hydrogen (secondary N) is 1. The number of aryl methyl sites for hydroxylation is 2. The van der Waals surface area contributed by atoms with Gasteiger partial charge < -0.3 is 10.2 Å². The maximum absolute atomic E-state index is 12.6. The molecule has 4 rings (SSSR count). The SMILES string of the molecule is CCc1nn(CC)c(C)c1C1CCN(CC[C@H](NC(=O)C2CCC2)c2ccccc2)CC1.O=C(C(=O)C(F)(F)F)C(F)(F)F. The molecule has 44 heavy (non-hydrogen) atoms. The van der Waals surface area contributed by atoms with Crippen molar-refractivity contribution in [3.63, 3.8) is 0 Å². The van der Waals surface area contributed by atoms with E-state index < -0.39 is 23.9 Å². The maximum atomic E-state index is 12.6.